The fourth-order valence-electron chi connectivity index (χ4n) is 1.55. The fraction of sp³-hybridized carbons (Fsp3) is 0.800. The first-order valence-electron chi connectivity index (χ1n) is 5.14. The van der Waals surface area contributed by atoms with Crippen LogP contribution in [-0.2, 0) is 4.79 Å². The molecule has 1 amide bonds. The van der Waals surface area contributed by atoms with E-state index in [0.29, 0.717) is 26.1 Å². The second kappa shape index (κ2) is 5.75. The van der Waals surface area contributed by atoms with Crippen LogP contribution >= 0.6 is 0 Å². The summed E-state index contributed by atoms with van der Waals surface area (Å²) in [6.45, 7) is 4.01. The summed E-state index contributed by atoms with van der Waals surface area (Å²) in [5.41, 5.74) is 0. The summed E-state index contributed by atoms with van der Waals surface area (Å²) in [5, 5.41) is 9.08. The van der Waals surface area contributed by atoms with Gasteiger partial charge in [0.2, 0.25) is 5.91 Å². The molecule has 1 unspecified atom stereocenters. The molecule has 0 radical (unpaired) electrons. The van der Waals surface area contributed by atoms with Gasteiger partial charge in [-0.1, -0.05) is 6.92 Å². The summed E-state index contributed by atoms with van der Waals surface area (Å²) >= 11 is 0. The Morgan fingerprint density at radius 1 is 1.71 bits per heavy atom. The molecule has 0 saturated carbocycles. The quantitative estimate of drug-likeness (QED) is 0.694. The van der Waals surface area contributed by atoms with Crippen LogP contribution in [0.4, 0.5) is 0 Å². The Morgan fingerprint density at radius 3 is 3.14 bits per heavy atom. The van der Waals surface area contributed by atoms with Gasteiger partial charge in [0.25, 0.3) is 0 Å². The van der Waals surface area contributed by atoms with Gasteiger partial charge in [-0.25, -0.2) is 0 Å². The Kier molecular flexibility index (Phi) is 4.59. The average molecular weight is 198 g/mol. The van der Waals surface area contributed by atoms with Crippen LogP contribution in [0.15, 0.2) is 4.99 Å². The molecule has 0 fully saturated rings. The maximum atomic E-state index is 11.5. The topological polar surface area (TPSA) is 52.9 Å². The van der Waals surface area contributed by atoms with E-state index in [0.717, 1.165) is 6.42 Å². The van der Waals surface area contributed by atoms with Crippen LogP contribution in [0.1, 0.15) is 19.8 Å². The van der Waals surface area contributed by atoms with Crippen LogP contribution in [0.5, 0.6) is 0 Å². The normalized spacial score (nSPS) is 23.0. The van der Waals surface area contributed by atoms with E-state index >= 15 is 0 Å². The maximum Gasteiger partial charge on any atom is 0.222 e. The number of carbonyl (C=O) groups is 1. The van der Waals surface area contributed by atoms with Gasteiger partial charge in [0.1, 0.15) is 0 Å². The predicted octanol–water partition coefficient (Wildman–Crippen LogP) is 0.308. The summed E-state index contributed by atoms with van der Waals surface area (Å²) in [6, 6.07) is 0. The van der Waals surface area contributed by atoms with Crippen LogP contribution in [0.3, 0.4) is 0 Å². The first-order valence-corrected chi connectivity index (χ1v) is 5.14. The standard InChI is InChI=1S/C10H18N2O2/c1-2-10(14)12-6-5-11-4-3-9(7-12)8-13/h4,9,13H,2-3,5-8H2,1H3. The van der Waals surface area contributed by atoms with E-state index in [1.165, 1.54) is 0 Å². The molecular weight excluding hydrogens is 180 g/mol. The molecule has 4 nitrogen and oxygen atoms in total. The zero-order valence-electron chi connectivity index (χ0n) is 8.65. The van der Waals surface area contributed by atoms with Crippen molar-refractivity contribution in [1.29, 1.82) is 0 Å². The predicted molar refractivity (Wildman–Crippen MR) is 55.4 cm³/mol. The molecule has 0 aliphatic carbocycles. The lowest BCUT2D eigenvalue weighted by molar-refractivity contribution is -0.131. The molecule has 80 valence electrons. The molecule has 0 aromatic rings. The number of rotatable bonds is 2. The Balaban J connectivity index is 2.57. The number of aliphatic imine (C=N–C) groups is 1. The zero-order valence-corrected chi connectivity index (χ0v) is 8.65. The number of hydrogen-bond donors (Lipinski definition) is 1. The fourth-order valence-corrected chi connectivity index (χ4v) is 1.55. The first kappa shape index (κ1) is 11.2. The highest BCUT2D eigenvalue weighted by molar-refractivity contribution is 5.76. The summed E-state index contributed by atoms with van der Waals surface area (Å²) in [5.74, 6) is 0.301. The number of aliphatic hydroxyl groups is 1. The minimum Gasteiger partial charge on any atom is -0.396 e. The molecule has 1 rings (SSSR count). The van der Waals surface area contributed by atoms with Crippen molar-refractivity contribution in [3.63, 3.8) is 0 Å². The molecule has 1 heterocycles. The van der Waals surface area contributed by atoms with Crippen LogP contribution in [-0.4, -0.2) is 48.4 Å². The summed E-state index contributed by atoms with van der Waals surface area (Å²) < 4.78 is 0. The van der Waals surface area contributed by atoms with Gasteiger partial charge < -0.3 is 10.0 Å². The van der Waals surface area contributed by atoms with E-state index in [-0.39, 0.29) is 18.4 Å². The number of nitrogens with zero attached hydrogens (tertiary/aromatic N) is 2. The van der Waals surface area contributed by atoms with Gasteiger partial charge in [-0.05, 0) is 12.6 Å². The third-order valence-corrected chi connectivity index (χ3v) is 2.46. The number of hydrogen-bond acceptors (Lipinski definition) is 3. The van der Waals surface area contributed by atoms with Gasteiger partial charge in [-0.15, -0.1) is 0 Å². The Morgan fingerprint density at radius 2 is 2.50 bits per heavy atom. The Bertz CT molecular complexity index is 216. The molecule has 1 aliphatic rings. The molecule has 0 bridgehead atoms. The number of aliphatic hydroxyl groups excluding tert-OH is 1. The third kappa shape index (κ3) is 3.10. The van der Waals surface area contributed by atoms with Crippen molar-refractivity contribution in [2.75, 3.05) is 26.2 Å². The largest absolute Gasteiger partial charge is 0.396 e. The van der Waals surface area contributed by atoms with Crippen LogP contribution in [0, 0.1) is 5.92 Å². The molecule has 0 spiro atoms. The van der Waals surface area contributed by atoms with E-state index in [4.69, 9.17) is 5.11 Å². The van der Waals surface area contributed by atoms with Crippen molar-refractivity contribution in [3.05, 3.63) is 0 Å². The Hall–Kier alpha value is -0.900. The zero-order chi connectivity index (χ0) is 10.4. The molecule has 1 aliphatic heterocycles. The second-order valence-corrected chi connectivity index (χ2v) is 3.57. The molecular formula is C10H18N2O2. The SMILES string of the molecule is CCC(=O)N1CCN=CCC(CO)C1. The maximum absolute atomic E-state index is 11.5. The van der Waals surface area contributed by atoms with Gasteiger partial charge in [-0.3, -0.25) is 9.79 Å². The highest BCUT2D eigenvalue weighted by Gasteiger charge is 2.17. The first-order chi connectivity index (χ1) is 6.77. The molecule has 0 saturated heterocycles. The van der Waals surface area contributed by atoms with Crippen molar-refractivity contribution in [2.45, 2.75) is 19.8 Å². The van der Waals surface area contributed by atoms with Crippen molar-refractivity contribution >= 4 is 12.1 Å². The van der Waals surface area contributed by atoms with E-state index in [2.05, 4.69) is 4.99 Å². The molecule has 14 heavy (non-hydrogen) atoms. The van der Waals surface area contributed by atoms with Crippen molar-refractivity contribution in [1.82, 2.24) is 4.90 Å². The average Bonchev–Trinajstić information content (AvgIpc) is 2.17. The van der Waals surface area contributed by atoms with Gasteiger partial charge in [-0.2, -0.15) is 0 Å². The third-order valence-electron chi connectivity index (χ3n) is 2.46. The second-order valence-electron chi connectivity index (χ2n) is 3.57. The smallest absolute Gasteiger partial charge is 0.222 e. The molecule has 0 aromatic carbocycles. The van der Waals surface area contributed by atoms with Crippen LogP contribution in [0.25, 0.3) is 0 Å². The van der Waals surface area contributed by atoms with Crippen LogP contribution < -0.4 is 0 Å². The molecule has 0 aromatic heterocycles. The molecule has 1 N–H and O–H groups in total. The number of carbonyl (C=O) groups excluding carboxylic acids is 1. The van der Waals surface area contributed by atoms with Gasteiger partial charge in [0.15, 0.2) is 0 Å². The van der Waals surface area contributed by atoms with E-state index in [9.17, 15) is 4.79 Å². The lowest BCUT2D eigenvalue weighted by Gasteiger charge is -2.26. The van der Waals surface area contributed by atoms with Crippen molar-refractivity contribution in [3.8, 4) is 0 Å². The summed E-state index contributed by atoms with van der Waals surface area (Å²) in [6.07, 6.45) is 3.15. The number of amides is 1. The molecule has 1 atom stereocenters. The van der Waals surface area contributed by atoms with Gasteiger partial charge in [0, 0.05) is 32.0 Å². The van der Waals surface area contributed by atoms with E-state index < -0.39 is 0 Å². The highest BCUT2D eigenvalue weighted by atomic mass is 16.3. The van der Waals surface area contributed by atoms with Crippen molar-refractivity contribution in [2.24, 2.45) is 10.9 Å². The van der Waals surface area contributed by atoms with Gasteiger partial charge in [0.05, 0.1) is 6.54 Å². The van der Waals surface area contributed by atoms with Gasteiger partial charge >= 0.3 is 0 Å². The van der Waals surface area contributed by atoms with E-state index in [1.54, 1.807) is 4.90 Å². The summed E-state index contributed by atoms with van der Waals surface area (Å²) in [4.78, 5) is 17.5. The Labute approximate surface area is 84.6 Å². The molecule has 4 heteroatoms. The van der Waals surface area contributed by atoms with E-state index in [1.807, 2.05) is 13.1 Å². The summed E-state index contributed by atoms with van der Waals surface area (Å²) in [7, 11) is 0. The lowest BCUT2D eigenvalue weighted by Crippen LogP contribution is -2.38. The minimum absolute atomic E-state index is 0.125. The van der Waals surface area contributed by atoms with Crippen molar-refractivity contribution < 1.29 is 9.90 Å². The highest BCUT2D eigenvalue weighted by Crippen LogP contribution is 2.07. The monoisotopic (exact) mass is 198 g/mol. The van der Waals surface area contributed by atoms with Crippen LogP contribution in [0.2, 0.25) is 0 Å². The lowest BCUT2D eigenvalue weighted by atomic mass is 10.1. The minimum atomic E-state index is 0.125.